The van der Waals surface area contributed by atoms with Gasteiger partial charge in [-0.1, -0.05) is 29.3 Å². The van der Waals surface area contributed by atoms with E-state index in [1.165, 1.54) is 11.3 Å². The molecule has 2 aromatic heterocycles. The van der Waals surface area contributed by atoms with Gasteiger partial charge in [-0.05, 0) is 25.1 Å². The SMILES string of the molecule is Cc1sc(C(=O)Nc2cccc(Cl)n2)cc1Cl. The Morgan fingerprint density at radius 3 is 2.76 bits per heavy atom. The zero-order valence-electron chi connectivity index (χ0n) is 8.83. The van der Waals surface area contributed by atoms with Crippen molar-refractivity contribution < 1.29 is 4.79 Å². The fraction of sp³-hybridized carbons (Fsp3) is 0.0909. The molecule has 0 spiro atoms. The smallest absolute Gasteiger partial charge is 0.266 e. The first-order chi connectivity index (χ1) is 8.06. The summed E-state index contributed by atoms with van der Waals surface area (Å²) in [5.41, 5.74) is 0. The van der Waals surface area contributed by atoms with E-state index in [2.05, 4.69) is 10.3 Å². The molecule has 1 amide bonds. The summed E-state index contributed by atoms with van der Waals surface area (Å²) in [6.45, 7) is 1.86. The first-order valence-electron chi connectivity index (χ1n) is 4.76. The summed E-state index contributed by atoms with van der Waals surface area (Å²) in [7, 11) is 0. The second-order valence-electron chi connectivity index (χ2n) is 3.31. The number of hydrogen-bond donors (Lipinski definition) is 1. The number of hydrogen-bond acceptors (Lipinski definition) is 3. The van der Waals surface area contributed by atoms with Gasteiger partial charge in [-0.25, -0.2) is 4.98 Å². The van der Waals surface area contributed by atoms with Gasteiger partial charge in [0.15, 0.2) is 0 Å². The van der Waals surface area contributed by atoms with Crippen molar-refractivity contribution in [2.75, 3.05) is 5.32 Å². The highest BCUT2D eigenvalue weighted by molar-refractivity contribution is 7.14. The van der Waals surface area contributed by atoms with E-state index in [9.17, 15) is 4.79 Å². The molecule has 0 aliphatic carbocycles. The Labute approximate surface area is 112 Å². The Balaban J connectivity index is 2.17. The predicted octanol–water partition coefficient (Wildman–Crippen LogP) is 4.01. The van der Waals surface area contributed by atoms with E-state index in [-0.39, 0.29) is 5.91 Å². The normalized spacial score (nSPS) is 10.3. The van der Waals surface area contributed by atoms with E-state index in [0.717, 1.165) is 4.88 Å². The molecule has 3 nitrogen and oxygen atoms in total. The van der Waals surface area contributed by atoms with Crippen molar-refractivity contribution in [2.24, 2.45) is 0 Å². The zero-order chi connectivity index (χ0) is 12.4. The standard InChI is InChI=1S/C11H8Cl2N2OS/c1-6-7(12)5-8(17-6)11(16)15-10-4-2-3-9(13)14-10/h2-5H,1H3,(H,14,15,16). The van der Waals surface area contributed by atoms with Gasteiger partial charge in [0.2, 0.25) is 0 Å². The molecule has 0 atom stereocenters. The minimum Gasteiger partial charge on any atom is -0.306 e. The molecular weight excluding hydrogens is 279 g/mol. The molecular formula is C11H8Cl2N2OS. The Morgan fingerprint density at radius 2 is 2.18 bits per heavy atom. The highest BCUT2D eigenvalue weighted by atomic mass is 35.5. The van der Waals surface area contributed by atoms with Crippen LogP contribution < -0.4 is 5.32 Å². The van der Waals surface area contributed by atoms with Gasteiger partial charge in [-0.3, -0.25) is 4.79 Å². The third-order valence-electron chi connectivity index (χ3n) is 2.04. The Bertz CT molecular complexity index is 549. The monoisotopic (exact) mass is 286 g/mol. The Morgan fingerprint density at radius 1 is 1.41 bits per heavy atom. The van der Waals surface area contributed by atoms with Crippen molar-refractivity contribution in [3.63, 3.8) is 0 Å². The molecule has 0 saturated heterocycles. The van der Waals surface area contributed by atoms with Gasteiger partial charge in [0.1, 0.15) is 11.0 Å². The van der Waals surface area contributed by atoms with Crippen LogP contribution in [0.25, 0.3) is 0 Å². The number of aromatic nitrogens is 1. The van der Waals surface area contributed by atoms with Crippen LogP contribution in [0.4, 0.5) is 5.82 Å². The lowest BCUT2D eigenvalue weighted by Crippen LogP contribution is -2.11. The lowest BCUT2D eigenvalue weighted by molar-refractivity contribution is 0.103. The van der Waals surface area contributed by atoms with Crippen LogP contribution in [0.3, 0.4) is 0 Å². The van der Waals surface area contributed by atoms with Crippen molar-refractivity contribution in [3.05, 3.63) is 44.2 Å². The fourth-order valence-electron chi connectivity index (χ4n) is 1.23. The minimum absolute atomic E-state index is 0.236. The number of pyridine rings is 1. The van der Waals surface area contributed by atoms with Crippen molar-refractivity contribution in [2.45, 2.75) is 6.92 Å². The third-order valence-corrected chi connectivity index (χ3v) is 3.80. The molecule has 0 aromatic carbocycles. The molecule has 2 rings (SSSR count). The van der Waals surface area contributed by atoms with Crippen molar-refractivity contribution in [1.82, 2.24) is 4.98 Å². The molecule has 6 heteroatoms. The quantitative estimate of drug-likeness (QED) is 0.848. The predicted molar refractivity (Wildman–Crippen MR) is 71.3 cm³/mol. The van der Waals surface area contributed by atoms with Crippen molar-refractivity contribution in [1.29, 1.82) is 0 Å². The van der Waals surface area contributed by atoms with Crippen LogP contribution >= 0.6 is 34.5 Å². The average Bonchev–Trinajstić information content (AvgIpc) is 2.59. The molecule has 0 aliphatic rings. The highest BCUT2D eigenvalue weighted by Crippen LogP contribution is 2.26. The number of carbonyl (C=O) groups excluding carboxylic acids is 1. The summed E-state index contributed by atoms with van der Waals surface area (Å²) in [5, 5.41) is 3.59. The minimum atomic E-state index is -0.236. The summed E-state index contributed by atoms with van der Waals surface area (Å²) in [6, 6.07) is 6.67. The van der Waals surface area contributed by atoms with Crippen LogP contribution in [0.5, 0.6) is 0 Å². The van der Waals surface area contributed by atoms with Crippen LogP contribution in [-0.2, 0) is 0 Å². The van der Waals surface area contributed by atoms with Crippen LogP contribution in [-0.4, -0.2) is 10.9 Å². The maximum absolute atomic E-state index is 11.8. The van der Waals surface area contributed by atoms with Crippen LogP contribution in [0.1, 0.15) is 14.5 Å². The third kappa shape index (κ3) is 2.97. The van der Waals surface area contributed by atoms with Gasteiger partial charge in [-0.2, -0.15) is 0 Å². The number of thiophene rings is 1. The summed E-state index contributed by atoms with van der Waals surface area (Å²) < 4.78 is 0. The molecule has 2 heterocycles. The molecule has 0 aliphatic heterocycles. The van der Waals surface area contributed by atoms with Gasteiger partial charge < -0.3 is 5.32 Å². The van der Waals surface area contributed by atoms with Gasteiger partial charge in [-0.15, -0.1) is 11.3 Å². The molecule has 17 heavy (non-hydrogen) atoms. The second kappa shape index (κ2) is 5.04. The van der Waals surface area contributed by atoms with Crippen molar-refractivity contribution in [3.8, 4) is 0 Å². The Hall–Kier alpha value is -1.10. The molecule has 2 aromatic rings. The number of anilines is 1. The summed E-state index contributed by atoms with van der Waals surface area (Å²) in [5.74, 6) is 0.185. The Kier molecular flexibility index (Phi) is 3.66. The topological polar surface area (TPSA) is 42.0 Å². The maximum Gasteiger partial charge on any atom is 0.266 e. The largest absolute Gasteiger partial charge is 0.306 e. The molecule has 0 radical (unpaired) electrons. The summed E-state index contributed by atoms with van der Waals surface area (Å²) in [4.78, 5) is 17.3. The fourth-order valence-corrected chi connectivity index (χ4v) is 2.49. The van der Waals surface area contributed by atoms with E-state index < -0.39 is 0 Å². The number of rotatable bonds is 2. The van der Waals surface area contributed by atoms with Crippen LogP contribution in [0, 0.1) is 6.92 Å². The van der Waals surface area contributed by atoms with Crippen molar-refractivity contribution >= 4 is 46.3 Å². The molecule has 0 fully saturated rings. The second-order valence-corrected chi connectivity index (χ2v) is 5.37. The van der Waals surface area contributed by atoms with E-state index in [1.54, 1.807) is 24.3 Å². The van der Waals surface area contributed by atoms with E-state index in [1.807, 2.05) is 6.92 Å². The summed E-state index contributed by atoms with van der Waals surface area (Å²) >= 11 is 13.0. The van der Waals surface area contributed by atoms with Gasteiger partial charge in [0.05, 0.1) is 9.90 Å². The van der Waals surface area contributed by atoms with E-state index >= 15 is 0 Å². The summed E-state index contributed by atoms with van der Waals surface area (Å²) in [6.07, 6.45) is 0. The number of nitrogens with zero attached hydrogens (tertiary/aromatic N) is 1. The van der Waals surface area contributed by atoms with E-state index in [4.69, 9.17) is 23.2 Å². The number of aryl methyl sites for hydroxylation is 1. The number of carbonyl (C=O) groups is 1. The number of halogens is 2. The molecule has 0 unspecified atom stereocenters. The maximum atomic E-state index is 11.8. The van der Waals surface area contributed by atoms with Crippen LogP contribution in [0.15, 0.2) is 24.3 Å². The average molecular weight is 287 g/mol. The number of nitrogens with one attached hydrogen (secondary N) is 1. The lowest BCUT2D eigenvalue weighted by Gasteiger charge is -2.02. The molecule has 88 valence electrons. The highest BCUT2D eigenvalue weighted by Gasteiger charge is 2.12. The van der Waals surface area contributed by atoms with Gasteiger partial charge in [0.25, 0.3) is 5.91 Å². The molecule has 1 N–H and O–H groups in total. The molecule has 0 saturated carbocycles. The van der Waals surface area contributed by atoms with Gasteiger partial charge in [0, 0.05) is 4.88 Å². The number of amides is 1. The lowest BCUT2D eigenvalue weighted by atomic mass is 10.4. The molecule has 0 bridgehead atoms. The first kappa shape index (κ1) is 12.4. The van der Waals surface area contributed by atoms with E-state index in [0.29, 0.717) is 20.9 Å². The zero-order valence-corrected chi connectivity index (χ0v) is 11.2. The first-order valence-corrected chi connectivity index (χ1v) is 6.33. The van der Waals surface area contributed by atoms with Gasteiger partial charge >= 0.3 is 0 Å². The van der Waals surface area contributed by atoms with Crippen LogP contribution in [0.2, 0.25) is 10.2 Å².